The molecule has 0 atom stereocenters. The van der Waals surface area contributed by atoms with Gasteiger partial charge in [-0.1, -0.05) is 11.6 Å². The van der Waals surface area contributed by atoms with Crippen LogP contribution >= 0.6 is 23.4 Å². The maximum Gasteiger partial charge on any atom is 0.265 e. The summed E-state index contributed by atoms with van der Waals surface area (Å²) in [5, 5.41) is 1.27. The van der Waals surface area contributed by atoms with Crippen LogP contribution in [0.15, 0.2) is 41.6 Å². The van der Waals surface area contributed by atoms with Gasteiger partial charge in [0.05, 0.1) is 10.0 Å². The van der Waals surface area contributed by atoms with E-state index in [4.69, 9.17) is 17.4 Å². The molecule has 0 unspecified atom stereocenters. The first kappa shape index (κ1) is 14.8. The van der Waals surface area contributed by atoms with Gasteiger partial charge < -0.3 is 0 Å². The molecular formula is C13H11ClFN3OS. The largest absolute Gasteiger partial charge is 0.290 e. The summed E-state index contributed by atoms with van der Waals surface area (Å²) in [5.74, 6) is 4.57. The van der Waals surface area contributed by atoms with Crippen molar-refractivity contribution in [1.82, 2.24) is 10.4 Å². The van der Waals surface area contributed by atoms with Crippen LogP contribution in [0.5, 0.6) is 0 Å². The van der Waals surface area contributed by atoms with Crippen LogP contribution in [0, 0.1) is 5.82 Å². The van der Waals surface area contributed by atoms with E-state index in [0.717, 1.165) is 5.03 Å². The fourth-order valence-corrected chi connectivity index (χ4v) is 2.44. The molecule has 104 valence electrons. The Morgan fingerprint density at radius 3 is 2.85 bits per heavy atom. The molecule has 4 nitrogen and oxygen atoms in total. The number of aromatic nitrogens is 1. The quantitative estimate of drug-likeness (QED) is 0.394. The third kappa shape index (κ3) is 3.69. The van der Waals surface area contributed by atoms with Gasteiger partial charge in [0.15, 0.2) is 0 Å². The minimum absolute atomic E-state index is 0.313. The summed E-state index contributed by atoms with van der Waals surface area (Å²) in [6.07, 6.45) is 1.53. The molecule has 1 amide bonds. The van der Waals surface area contributed by atoms with Crippen molar-refractivity contribution >= 4 is 29.3 Å². The fraction of sp³-hybridized carbons (Fsp3) is 0.0769. The molecule has 2 aromatic rings. The Balaban J connectivity index is 2.12. The molecule has 3 N–H and O–H groups in total. The van der Waals surface area contributed by atoms with Crippen LogP contribution in [-0.2, 0) is 5.75 Å². The van der Waals surface area contributed by atoms with Gasteiger partial charge in [-0.15, -0.1) is 11.8 Å². The van der Waals surface area contributed by atoms with E-state index in [1.165, 1.54) is 36.2 Å². The highest BCUT2D eigenvalue weighted by Gasteiger charge is 2.09. The number of carbonyl (C=O) groups excluding carboxylic acids is 1. The van der Waals surface area contributed by atoms with E-state index in [1.807, 2.05) is 5.43 Å². The third-order valence-corrected chi connectivity index (χ3v) is 3.73. The van der Waals surface area contributed by atoms with E-state index in [0.29, 0.717) is 21.9 Å². The Hall–Kier alpha value is -1.63. The number of hydrazine groups is 1. The monoisotopic (exact) mass is 311 g/mol. The lowest BCUT2D eigenvalue weighted by Crippen LogP contribution is -2.30. The second kappa shape index (κ2) is 6.69. The lowest BCUT2D eigenvalue weighted by molar-refractivity contribution is 0.0953. The lowest BCUT2D eigenvalue weighted by Gasteiger charge is -2.06. The van der Waals surface area contributed by atoms with Crippen molar-refractivity contribution in [3.63, 3.8) is 0 Å². The first-order chi connectivity index (χ1) is 9.60. The third-order valence-electron chi connectivity index (χ3n) is 2.51. The zero-order chi connectivity index (χ0) is 14.5. The van der Waals surface area contributed by atoms with Crippen LogP contribution in [0.3, 0.4) is 0 Å². The molecule has 0 saturated carbocycles. The Kier molecular flexibility index (Phi) is 4.94. The van der Waals surface area contributed by atoms with Crippen LogP contribution in [-0.4, -0.2) is 10.9 Å². The summed E-state index contributed by atoms with van der Waals surface area (Å²) in [7, 11) is 0. The topological polar surface area (TPSA) is 68.0 Å². The van der Waals surface area contributed by atoms with Gasteiger partial charge in [-0.05, 0) is 35.9 Å². The molecule has 7 heteroatoms. The molecule has 1 aromatic heterocycles. The number of hydrogen-bond donors (Lipinski definition) is 2. The molecule has 0 aliphatic heterocycles. The van der Waals surface area contributed by atoms with Gasteiger partial charge in [0, 0.05) is 17.5 Å². The number of pyridine rings is 1. The van der Waals surface area contributed by atoms with Crippen molar-refractivity contribution in [2.75, 3.05) is 0 Å². The van der Waals surface area contributed by atoms with Crippen LogP contribution in [0.4, 0.5) is 4.39 Å². The predicted molar refractivity (Wildman–Crippen MR) is 76.9 cm³/mol. The number of nitrogens with zero attached hydrogens (tertiary/aromatic N) is 1. The number of carbonyl (C=O) groups is 1. The molecule has 2 rings (SSSR count). The predicted octanol–water partition coefficient (Wildman–Crippen LogP) is 2.77. The minimum Gasteiger partial charge on any atom is -0.290 e. The van der Waals surface area contributed by atoms with Gasteiger partial charge in [-0.3, -0.25) is 10.2 Å². The van der Waals surface area contributed by atoms with Crippen LogP contribution in [0.1, 0.15) is 15.9 Å². The van der Waals surface area contributed by atoms with Crippen LogP contribution in [0.2, 0.25) is 5.02 Å². The van der Waals surface area contributed by atoms with Crippen molar-refractivity contribution in [1.29, 1.82) is 0 Å². The molecule has 0 saturated heterocycles. The number of halogens is 2. The average Bonchev–Trinajstić information content (AvgIpc) is 2.47. The summed E-state index contributed by atoms with van der Waals surface area (Å²) < 4.78 is 13.7. The van der Waals surface area contributed by atoms with E-state index >= 15 is 0 Å². The summed E-state index contributed by atoms with van der Waals surface area (Å²) in [4.78, 5) is 15.5. The number of amides is 1. The zero-order valence-electron chi connectivity index (χ0n) is 10.3. The first-order valence-electron chi connectivity index (χ1n) is 5.64. The van der Waals surface area contributed by atoms with E-state index in [9.17, 15) is 9.18 Å². The highest BCUT2D eigenvalue weighted by molar-refractivity contribution is 7.98. The normalized spacial score (nSPS) is 10.3. The Bertz CT molecular complexity index is 622. The van der Waals surface area contributed by atoms with Crippen molar-refractivity contribution in [3.8, 4) is 0 Å². The molecule has 0 radical (unpaired) electrons. The number of nitrogen functional groups attached to an aromatic ring is 1. The Labute approximate surface area is 124 Å². The number of nitrogens with one attached hydrogen (secondary N) is 1. The maximum atomic E-state index is 13.7. The second-order valence-electron chi connectivity index (χ2n) is 3.88. The molecule has 0 aliphatic rings. The molecule has 0 aliphatic carbocycles. The van der Waals surface area contributed by atoms with Crippen molar-refractivity contribution < 1.29 is 9.18 Å². The van der Waals surface area contributed by atoms with Crippen LogP contribution in [0.25, 0.3) is 0 Å². The molecule has 1 aromatic carbocycles. The highest BCUT2D eigenvalue weighted by Crippen LogP contribution is 2.24. The molecule has 0 spiro atoms. The van der Waals surface area contributed by atoms with Gasteiger partial charge in [0.1, 0.15) is 5.82 Å². The van der Waals surface area contributed by atoms with Crippen molar-refractivity contribution in [2.24, 2.45) is 5.84 Å². The first-order valence-corrected chi connectivity index (χ1v) is 7.00. The SMILES string of the molecule is NNC(=O)c1ccc(F)c(CSc2ccc(Cl)cn2)c1. The average molecular weight is 312 g/mol. The standard InChI is InChI=1S/C13H11ClFN3OS/c14-10-2-4-12(17-6-10)20-7-9-5-8(13(19)18-16)1-3-11(9)15/h1-6H,7,16H2,(H,18,19). The van der Waals surface area contributed by atoms with Gasteiger partial charge in [-0.2, -0.15) is 0 Å². The Morgan fingerprint density at radius 1 is 1.40 bits per heavy atom. The van der Waals surface area contributed by atoms with Gasteiger partial charge >= 0.3 is 0 Å². The molecule has 0 fully saturated rings. The van der Waals surface area contributed by atoms with E-state index in [1.54, 1.807) is 12.1 Å². The van der Waals surface area contributed by atoms with Crippen molar-refractivity contribution in [3.05, 3.63) is 58.5 Å². The number of hydrogen-bond acceptors (Lipinski definition) is 4. The lowest BCUT2D eigenvalue weighted by atomic mass is 10.1. The van der Waals surface area contributed by atoms with E-state index in [2.05, 4.69) is 4.98 Å². The maximum absolute atomic E-state index is 13.7. The molecule has 1 heterocycles. The fourth-order valence-electron chi connectivity index (χ4n) is 1.51. The van der Waals surface area contributed by atoms with E-state index in [-0.39, 0.29) is 5.82 Å². The number of thioether (sulfide) groups is 1. The summed E-state index contributed by atoms with van der Waals surface area (Å²) in [6.45, 7) is 0. The van der Waals surface area contributed by atoms with Crippen LogP contribution < -0.4 is 11.3 Å². The summed E-state index contributed by atoms with van der Waals surface area (Å²) >= 11 is 7.09. The molecular weight excluding hydrogens is 301 g/mol. The number of nitrogens with two attached hydrogens (primary N) is 1. The number of benzene rings is 1. The van der Waals surface area contributed by atoms with Crippen molar-refractivity contribution in [2.45, 2.75) is 10.8 Å². The second-order valence-corrected chi connectivity index (χ2v) is 5.32. The Morgan fingerprint density at radius 2 is 2.20 bits per heavy atom. The van der Waals surface area contributed by atoms with Gasteiger partial charge in [0.2, 0.25) is 0 Å². The summed E-state index contributed by atoms with van der Waals surface area (Å²) in [5.41, 5.74) is 2.74. The van der Waals surface area contributed by atoms with Gasteiger partial charge in [-0.25, -0.2) is 15.2 Å². The van der Waals surface area contributed by atoms with Gasteiger partial charge in [0.25, 0.3) is 5.91 Å². The van der Waals surface area contributed by atoms with E-state index < -0.39 is 5.91 Å². The molecule has 20 heavy (non-hydrogen) atoms. The highest BCUT2D eigenvalue weighted by atomic mass is 35.5. The number of rotatable bonds is 4. The minimum atomic E-state index is -0.458. The summed E-state index contributed by atoms with van der Waals surface area (Å²) in [6, 6.07) is 7.56. The zero-order valence-corrected chi connectivity index (χ0v) is 11.8. The molecule has 0 bridgehead atoms. The smallest absolute Gasteiger partial charge is 0.265 e.